The average molecular weight is 535 g/mol. The topological polar surface area (TPSA) is 66.5 Å². The average Bonchev–Trinajstić information content (AvgIpc) is 2.89. The van der Waals surface area contributed by atoms with Crippen molar-refractivity contribution in [2.75, 3.05) is 16.2 Å². The zero-order valence-corrected chi connectivity index (χ0v) is 21.6. The predicted octanol–water partition coefficient (Wildman–Crippen LogP) is 6.89. The van der Waals surface area contributed by atoms with E-state index in [2.05, 4.69) is 4.72 Å². The van der Waals surface area contributed by atoms with Crippen molar-refractivity contribution in [3.05, 3.63) is 113 Å². The Hall–Kier alpha value is -3.26. The van der Waals surface area contributed by atoms with Crippen molar-refractivity contribution in [1.82, 2.24) is 0 Å². The lowest BCUT2D eigenvalue weighted by atomic mass is 10.0. The van der Waals surface area contributed by atoms with Gasteiger partial charge in [-0.3, -0.25) is 9.52 Å². The van der Waals surface area contributed by atoms with Crippen molar-refractivity contribution in [3.8, 4) is 0 Å². The molecule has 0 aliphatic carbocycles. The second kappa shape index (κ2) is 10.4. The summed E-state index contributed by atoms with van der Waals surface area (Å²) in [6.45, 7) is 0.562. The molecule has 5 rings (SSSR count). The zero-order chi connectivity index (χ0) is 25.1. The fraction of sp³-hybridized carbons (Fsp3) is 0.107. The molecule has 0 unspecified atom stereocenters. The maximum absolute atomic E-state index is 13.4. The third-order valence-corrected chi connectivity index (χ3v) is 8.58. The molecule has 36 heavy (non-hydrogen) atoms. The van der Waals surface area contributed by atoms with Gasteiger partial charge in [-0.05, 0) is 79.1 Å². The Kier molecular flexibility index (Phi) is 7.05. The molecule has 4 aromatic carbocycles. The highest BCUT2D eigenvalue weighted by Crippen LogP contribution is 2.35. The molecule has 5 nitrogen and oxygen atoms in total. The first kappa shape index (κ1) is 24.4. The Morgan fingerprint density at radius 1 is 0.889 bits per heavy atom. The highest BCUT2D eigenvalue weighted by Gasteiger charge is 2.26. The molecule has 0 radical (unpaired) electrons. The van der Waals surface area contributed by atoms with Crippen LogP contribution in [0.3, 0.4) is 0 Å². The Labute approximate surface area is 220 Å². The zero-order valence-electron chi connectivity index (χ0n) is 19.2. The van der Waals surface area contributed by atoms with Crippen LogP contribution in [0.1, 0.15) is 22.3 Å². The number of amides is 1. The number of nitrogens with zero attached hydrogens (tertiary/aromatic N) is 1. The molecule has 1 aliphatic rings. The van der Waals surface area contributed by atoms with Gasteiger partial charge in [-0.25, -0.2) is 8.42 Å². The molecule has 0 bridgehead atoms. The molecule has 0 saturated heterocycles. The second-order valence-corrected chi connectivity index (χ2v) is 11.6. The Balaban J connectivity index is 1.41. The van der Waals surface area contributed by atoms with Crippen molar-refractivity contribution < 1.29 is 13.2 Å². The number of fused-ring (bicyclic) bond motifs is 1. The van der Waals surface area contributed by atoms with E-state index in [1.807, 2.05) is 42.5 Å². The lowest BCUT2D eigenvalue weighted by molar-refractivity contribution is 0.0985. The molecule has 1 heterocycles. The van der Waals surface area contributed by atoms with E-state index in [1.165, 1.54) is 11.8 Å². The number of hydrogen-bond acceptors (Lipinski definition) is 4. The third-order valence-electron chi connectivity index (χ3n) is 5.90. The van der Waals surface area contributed by atoms with Crippen LogP contribution in [-0.4, -0.2) is 20.9 Å². The number of anilines is 2. The van der Waals surface area contributed by atoms with Gasteiger partial charge in [-0.15, -0.1) is 0 Å². The van der Waals surface area contributed by atoms with Crippen molar-refractivity contribution >= 4 is 50.7 Å². The van der Waals surface area contributed by atoms with Gasteiger partial charge < -0.3 is 4.90 Å². The Bertz CT molecular complexity index is 1530. The van der Waals surface area contributed by atoms with Crippen molar-refractivity contribution in [1.29, 1.82) is 0 Å². The molecule has 8 heteroatoms. The summed E-state index contributed by atoms with van der Waals surface area (Å²) in [5.74, 6) is -0.154. The molecule has 182 valence electrons. The molecule has 4 aromatic rings. The molecular formula is C28H23ClN2O3S2. The Morgan fingerprint density at radius 2 is 1.67 bits per heavy atom. The monoisotopic (exact) mass is 534 g/mol. The minimum Gasteiger partial charge on any atom is -0.308 e. The van der Waals surface area contributed by atoms with E-state index in [1.54, 1.807) is 59.5 Å². The van der Waals surface area contributed by atoms with Crippen molar-refractivity contribution in [3.63, 3.8) is 0 Å². The van der Waals surface area contributed by atoms with E-state index in [0.29, 0.717) is 29.2 Å². The first-order chi connectivity index (χ1) is 17.4. The first-order valence-electron chi connectivity index (χ1n) is 11.5. The van der Waals surface area contributed by atoms with E-state index in [4.69, 9.17) is 11.6 Å². The summed E-state index contributed by atoms with van der Waals surface area (Å²) in [5.41, 5.74) is 2.57. The van der Waals surface area contributed by atoms with Gasteiger partial charge in [0.1, 0.15) is 0 Å². The summed E-state index contributed by atoms with van der Waals surface area (Å²) in [6, 6.07) is 28.9. The van der Waals surface area contributed by atoms with Crippen LogP contribution in [0.15, 0.2) is 112 Å². The van der Waals surface area contributed by atoms with E-state index >= 15 is 0 Å². The second-order valence-electron chi connectivity index (χ2n) is 8.38. The van der Waals surface area contributed by atoms with E-state index < -0.39 is 10.0 Å². The predicted molar refractivity (Wildman–Crippen MR) is 146 cm³/mol. The van der Waals surface area contributed by atoms with Gasteiger partial charge in [0, 0.05) is 32.6 Å². The largest absolute Gasteiger partial charge is 0.308 e. The molecule has 0 spiro atoms. The number of aryl methyl sites for hydroxylation is 1. The van der Waals surface area contributed by atoms with Gasteiger partial charge in [-0.2, -0.15) is 0 Å². The molecule has 1 amide bonds. The smallest absolute Gasteiger partial charge is 0.261 e. The molecule has 0 saturated carbocycles. The minimum absolute atomic E-state index is 0.154. The minimum atomic E-state index is -3.84. The van der Waals surface area contributed by atoms with Gasteiger partial charge in [0.25, 0.3) is 15.9 Å². The number of hydrogen-bond donors (Lipinski definition) is 1. The third kappa shape index (κ3) is 5.28. The highest BCUT2D eigenvalue weighted by molar-refractivity contribution is 7.99. The summed E-state index contributed by atoms with van der Waals surface area (Å²) in [4.78, 5) is 16.8. The lowest BCUT2D eigenvalue weighted by Crippen LogP contribution is -2.35. The summed E-state index contributed by atoms with van der Waals surface area (Å²) < 4.78 is 29.5. The van der Waals surface area contributed by atoms with Crippen LogP contribution in [0.5, 0.6) is 0 Å². The van der Waals surface area contributed by atoms with E-state index in [-0.39, 0.29) is 10.8 Å². The molecule has 0 fully saturated rings. The van der Waals surface area contributed by atoms with Gasteiger partial charge in [0.2, 0.25) is 0 Å². The van der Waals surface area contributed by atoms with Crippen LogP contribution in [-0.2, 0) is 16.4 Å². The van der Waals surface area contributed by atoms with Gasteiger partial charge >= 0.3 is 0 Å². The Morgan fingerprint density at radius 3 is 2.47 bits per heavy atom. The quantitative estimate of drug-likeness (QED) is 0.292. The number of rotatable bonds is 6. The number of para-hydroxylation sites is 1. The van der Waals surface area contributed by atoms with Crippen molar-refractivity contribution in [2.24, 2.45) is 0 Å². The van der Waals surface area contributed by atoms with Crippen molar-refractivity contribution in [2.45, 2.75) is 27.5 Å². The summed E-state index contributed by atoms with van der Waals surface area (Å²) >= 11 is 7.57. The number of benzene rings is 4. The first-order valence-corrected chi connectivity index (χ1v) is 14.1. The fourth-order valence-electron chi connectivity index (χ4n) is 4.19. The number of nitrogens with one attached hydrogen (secondary N) is 1. The SMILES string of the molecule is O=C(c1cccc(Cl)c1)N1CCCc2cc(S(=O)(=O)Nc3ccccc3Sc3ccccc3)ccc21. The van der Waals surface area contributed by atoms with E-state index in [9.17, 15) is 13.2 Å². The van der Waals surface area contributed by atoms with Crippen LogP contribution >= 0.6 is 23.4 Å². The number of halogens is 1. The van der Waals surface area contributed by atoms with Gasteiger partial charge in [-0.1, -0.05) is 59.8 Å². The number of sulfonamides is 1. The molecule has 0 aromatic heterocycles. The van der Waals surface area contributed by atoms with Crippen LogP contribution < -0.4 is 9.62 Å². The highest BCUT2D eigenvalue weighted by atomic mass is 35.5. The molecule has 1 aliphatic heterocycles. The molecule has 1 N–H and O–H groups in total. The molecule has 0 atom stereocenters. The van der Waals surface area contributed by atoms with Gasteiger partial charge in [0.05, 0.1) is 10.6 Å². The van der Waals surface area contributed by atoms with Crippen LogP contribution in [0.4, 0.5) is 11.4 Å². The lowest BCUT2D eigenvalue weighted by Gasteiger charge is -2.30. The molecular weight excluding hydrogens is 512 g/mol. The van der Waals surface area contributed by atoms with Gasteiger partial charge in [0.15, 0.2) is 0 Å². The maximum atomic E-state index is 13.4. The van der Waals surface area contributed by atoms with E-state index in [0.717, 1.165) is 27.5 Å². The van der Waals surface area contributed by atoms with Crippen LogP contribution in [0.2, 0.25) is 5.02 Å². The van der Waals surface area contributed by atoms with Crippen LogP contribution in [0, 0.1) is 0 Å². The summed E-state index contributed by atoms with van der Waals surface area (Å²) in [7, 11) is -3.84. The maximum Gasteiger partial charge on any atom is 0.261 e. The standard InChI is InChI=1S/C28H23ClN2O3S2/c29-22-10-6-8-21(18-22)28(32)31-17-7-9-20-19-24(15-16-26(20)31)36(33,34)30-25-13-4-5-14-27(25)35-23-11-2-1-3-12-23/h1-6,8,10-16,18-19,30H,7,9,17H2. The number of carbonyl (C=O) groups excluding carboxylic acids is 1. The van der Waals surface area contributed by atoms with Crippen LogP contribution in [0.25, 0.3) is 0 Å². The summed E-state index contributed by atoms with van der Waals surface area (Å²) in [6.07, 6.45) is 1.44. The fourth-order valence-corrected chi connectivity index (χ4v) is 6.50. The number of carbonyl (C=O) groups is 1. The normalized spacial score (nSPS) is 13.2. The summed E-state index contributed by atoms with van der Waals surface area (Å²) in [5, 5.41) is 0.497.